The third-order valence-corrected chi connectivity index (χ3v) is 12.3. The molecule has 0 fully saturated rings. The third-order valence-electron chi connectivity index (χ3n) is 12.3. The van der Waals surface area contributed by atoms with Gasteiger partial charge >= 0.3 is 0 Å². The molecule has 0 saturated heterocycles. The highest BCUT2D eigenvalue weighted by molar-refractivity contribution is 6.18. The number of allylic oxidation sites excluding steroid dienone is 4. The molecule has 7 aromatic carbocycles. The highest BCUT2D eigenvalue weighted by Gasteiger charge is 2.26. The van der Waals surface area contributed by atoms with E-state index >= 15 is 0 Å². The van der Waals surface area contributed by atoms with Crippen LogP contribution in [0.5, 0.6) is 0 Å². The number of hydrogen-bond acceptors (Lipinski definition) is 2. The lowest BCUT2D eigenvalue weighted by molar-refractivity contribution is 0.848. The van der Waals surface area contributed by atoms with Gasteiger partial charge in [0.15, 0.2) is 11.6 Å². The zero-order valence-electron chi connectivity index (χ0n) is 30.8. The molecule has 0 amide bonds. The molecular weight excluding hydrogens is 695 g/mol. The van der Waals surface area contributed by atoms with Crippen LogP contribution >= 0.6 is 0 Å². The average molecular weight is 728 g/mol. The van der Waals surface area contributed by atoms with Crippen LogP contribution in [-0.2, 0) is 0 Å². The summed E-state index contributed by atoms with van der Waals surface area (Å²) < 4.78 is 7.20. The standard InChI is InChI=1S/C52H33N5/c1-3-15-35-32(13-1)26-30-47-49(35)41-29-27-34(55-44-22-10-7-19-39(44)40-28-25-33-14-2-4-16-36(33)50(40)55)31-48(41)57(47)52-51(53-42-20-8-9-21-43(42)54-52)56-45-23-11-5-17-37(45)38-18-6-12-24-46(38)56/h1-25,27-32H,26H2. The predicted octanol–water partition coefficient (Wildman–Crippen LogP) is 11.0. The molecule has 57 heavy (non-hydrogen) atoms. The van der Waals surface area contributed by atoms with Crippen LogP contribution < -0.4 is 10.6 Å². The van der Waals surface area contributed by atoms with Gasteiger partial charge in [-0.05, 0) is 59.8 Å². The van der Waals surface area contributed by atoms with E-state index in [1.165, 1.54) is 59.5 Å². The second-order valence-corrected chi connectivity index (χ2v) is 15.3. The summed E-state index contributed by atoms with van der Waals surface area (Å²) in [6, 6.07) is 54.7. The lowest BCUT2D eigenvalue weighted by Gasteiger charge is -2.19. The Balaban J connectivity index is 1.21. The second kappa shape index (κ2) is 11.5. The van der Waals surface area contributed by atoms with Gasteiger partial charge in [0, 0.05) is 49.1 Å². The number of rotatable bonds is 3. The van der Waals surface area contributed by atoms with Crippen LogP contribution in [0.4, 0.5) is 0 Å². The number of para-hydroxylation sites is 5. The van der Waals surface area contributed by atoms with Gasteiger partial charge in [0.05, 0.1) is 44.0 Å². The van der Waals surface area contributed by atoms with E-state index < -0.39 is 0 Å². The maximum Gasteiger partial charge on any atom is 0.182 e. The fourth-order valence-corrected chi connectivity index (χ4v) is 9.89. The van der Waals surface area contributed by atoms with Crippen molar-refractivity contribution < 1.29 is 0 Å². The van der Waals surface area contributed by atoms with Crippen LogP contribution in [0.3, 0.4) is 0 Å². The highest BCUT2D eigenvalue weighted by atomic mass is 15.2. The molecule has 5 nitrogen and oxygen atoms in total. The van der Waals surface area contributed by atoms with Gasteiger partial charge in [0.2, 0.25) is 0 Å². The average Bonchev–Trinajstić information content (AvgIpc) is 3.92. The number of fused-ring (bicyclic) bond motifs is 13. The summed E-state index contributed by atoms with van der Waals surface area (Å²) in [5.74, 6) is 1.94. The summed E-state index contributed by atoms with van der Waals surface area (Å²) in [6.45, 7) is 0. The van der Waals surface area contributed by atoms with E-state index in [2.05, 4.69) is 196 Å². The summed E-state index contributed by atoms with van der Waals surface area (Å²) in [5, 5.41) is 11.0. The molecule has 2 aliphatic rings. The number of nitrogens with zero attached hydrogens (tertiary/aromatic N) is 5. The number of hydrogen-bond donors (Lipinski definition) is 0. The maximum atomic E-state index is 5.59. The van der Waals surface area contributed by atoms with Gasteiger partial charge in [-0.1, -0.05) is 140 Å². The highest BCUT2D eigenvalue weighted by Crippen LogP contribution is 2.39. The van der Waals surface area contributed by atoms with Gasteiger partial charge in [-0.3, -0.25) is 9.13 Å². The zero-order chi connectivity index (χ0) is 37.2. The largest absolute Gasteiger partial charge is 0.309 e. The molecule has 266 valence electrons. The van der Waals surface area contributed by atoms with E-state index in [0.29, 0.717) is 5.92 Å². The van der Waals surface area contributed by atoms with Gasteiger partial charge in [-0.25, -0.2) is 9.97 Å². The zero-order valence-corrected chi connectivity index (χ0v) is 30.8. The van der Waals surface area contributed by atoms with Crippen molar-refractivity contribution in [2.24, 2.45) is 5.92 Å². The topological polar surface area (TPSA) is 40.6 Å². The van der Waals surface area contributed by atoms with Crippen molar-refractivity contribution >= 4 is 88.0 Å². The molecule has 5 heteroatoms. The maximum absolute atomic E-state index is 5.59. The Morgan fingerprint density at radius 1 is 0.474 bits per heavy atom. The molecular formula is C52H33N5. The first-order valence-electron chi connectivity index (χ1n) is 19.7. The van der Waals surface area contributed by atoms with Gasteiger partial charge in [0.1, 0.15) is 0 Å². The molecule has 0 aliphatic heterocycles. The van der Waals surface area contributed by atoms with Crippen LogP contribution in [0.15, 0.2) is 176 Å². The normalized spacial score (nSPS) is 15.1. The lowest BCUT2D eigenvalue weighted by Crippen LogP contribution is -2.35. The Labute approximate surface area is 326 Å². The minimum Gasteiger partial charge on any atom is -0.309 e. The second-order valence-electron chi connectivity index (χ2n) is 15.3. The fourth-order valence-electron chi connectivity index (χ4n) is 9.89. The van der Waals surface area contributed by atoms with Crippen molar-refractivity contribution in [3.8, 4) is 17.3 Å². The first-order chi connectivity index (χ1) is 28.3. The number of benzene rings is 7. The van der Waals surface area contributed by atoms with Crippen LogP contribution in [0.1, 0.15) is 6.42 Å². The number of aromatic nitrogens is 5. The minimum absolute atomic E-state index is 0.324. The van der Waals surface area contributed by atoms with Crippen molar-refractivity contribution in [3.05, 3.63) is 187 Å². The van der Waals surface area contributed by atoms with Crippen molar-refractivity contribution in [3.63, 3.8) is 0 Å². The Hall–Kier alpha value is -7.50. The van der Waals surface area contributed by atoms with E-state index in [1.807, 2.05) is 0 Å². The van der Waals surface area contributed by atoms with Gasteiger partial charge in [-0.2, -0.15) is 0 Å². The van der Waals surface area contributed by atoms with Crippen LogP contribution in [0.25, 0.3) is 105 Å². The molecule has 0 spiro atoms. The summed E-state index contributed by atoms with van der Waals surface area (Å²) in [6.07, 6.45) is 12.4. The van der Waals surface area contributed by atoms with Crippen molar-refractivity contribution in [2.45, 2.75) is 6.42 Å². The van der Waals surface area contributed by atoms with Gasteiger partial charge in [0.25, 0.3) is 0 Å². The summed E-state index contributed by atoms with van der Waals surface area (Å²) in [4.78, 5) is 11.1. The summed E-state index contributed by atoms with van der Waals surface area (Å²) in [7, 11) is 0. The first-order valence-corrected chi connectivity index (χ1v) is 19.7. The van der Waals surface area contributed by atoms with Crippen LogP contribution in [0.2, 0.25) is 0 Å². The minimum atomic E-state index is 0.324. The quantitative estimate of drug-likeness (QED) is 0.182. The Morgan fingerprint density at radius 3 is 1.81 bits per heavy atom. The Morgan fingerprint density at radius 2 is 1.07 bits per heavy atom. The predicted molar refractivity (Wildman–Crippen MR) is 236 cm³/mol. The molecule has 1 atom stereocenters. The molecule has 11 aromatic rings. The Bertz CT molecular complexity index is 3690. The summed E-state index contributed by atoms with van der Waals surface area (Å²) >= 11 is 0. The van der Waals surface area contributed by atoms with Crippen LogP contribution in [-0.4, -0.2) is 23.7 Å². The molecule has 0 N–H and O–H groups in total. The molecule has 1 unspecified atom stereocenters. The lowest BCUT2D eigenvalue weighted by atomic mass is 9.87. The third kappa shape index (κ3) is 4.23. The molecule has 13 rings (SSSR count). The van der Waals surface area contributed by atoms with Crippen molar-refractivity contribution in [1.82, 2.24) is 23.7 Å². The summed E-state index contributed by atoms with van der Waals surface area (Å²) in [5.41, 5.74) is 9.88. The van der Waals surface area contributed by atoms with Crippen molar-refractivity contribution in [1.29, 1.82) is 0 Å². The molecule has 0 saturated carbocycles. The Kier molecular flexibility index (Phi) is 6.22. The van der Waals surface area contributed by atoms with Crippen LogP contribution in [0, 0.1) is 5.92 Å². The molecule has 4 heterocycles. The van der Waals surface area contributed by atoms with Crippen molar-refractivity contribution in [2.75, 3.05) is 0 Å². The fraction of sp³-hybridized carbons (Fsp3) is 0.0385. The molecule has 2 aliphatic carbocycles. The SMILES string of the molecule is C1=CC2=c3c(n(-c4nc5ccccc5nc4-n4c5ccccc5c5ccccc54)c4cc(-n5c6ccccc6c6ccc7ccccc7c65)ccc34)=CCC2C=C1. The molecule has 0 bridgehead atoms. The van der Waals surface area contributed by atoms with Gasteiger partial charge < -0.3 is 4.57 Å². The van der Waals surface area contributed by atoms with Gasteiger partial charge in [-0.15, -0.1) is 0 Å². The van der Waals surface area contributed by atoms with E-state index in [4.69, 9.17) is 9.97 Å². The van der Waals surface area contributed by atoms with E-state index in [9.17, 15) is 0 Å². The van der Waals surface area contributed by atoms with E-state index in [-0.39, 0.29) is 0 Å². The molecule has 0 radical (unpaired) electrons. The molecule has 4 aromatic heterocycles. The van der Waals surface area contributed by atoms with E-state index in [0.717, 1.165) is 56.7 Å². The van der Waals surface area contributed by atoms with E-state index in [1.54, 1.807) is 0 Å². The smallest absolute Gasteiger partial charge is 0.182 e. The monoisotopic (exact) mass is 727 g/mol. The first kappa shape index (κ1) is 30.8.